The summed E-state index contributed by atoms with van der Waals surface area (Å²) in [6.07, 6.45) is 0.364. The highest BCUT2D eigenvalue weighted by atomic mass is 35.5. The first-order valence-electron chi connectivity index (χ1n) is 9.05. The molecule has 1 aromatic rings. The van der Waals surface area contributed by atoms with E-state index in [0.717, 1.165) is 25.5 Å². The Labute approximate surface area is 168 Å². The van der Waals surface area contributed by atoms with Crippen LogP contribution in [0.2, 0.25) is 0 Å². The van der Waals surface area contributed by atoms with Gasteiger partial charge < -0.3 is 14.8 Å². The first-order valence-corrected chi connectivity index (χ1v) is 9.05. The van der Waals surface area contributed by atoms with Crippen LogP contribution in [-0.2, 0) is 11.3 Å². The fourth-order valence-electron chi connectivity index (χ4n) is 3.59. The molecule has 2 aliphatic rings. The molecule has 1 aliphatic heterocycles. The predicted molar refractivity (Wildman–Crippen MR) is 98.7 cm³/mol. The van der Waals surface area contributed by atoms with Crippen LogP contribution in [0.1, 0.15) is 37.7 Å². The maximum atomic E-state index is 14.3. The Morgan fingerprint density at radius 2 is 2.14 bits per heavy atom. The van der Waals surface area contributed by atoms with E-state index < -0.39 is 24.3 Å². The lowest BCUT2D eigenvalue weighted by Crippen LogP contribution is -2.41. The van der Waals surface area contributed by atoms with Crippen molar-refractivity contribution in [1.29, 1.82) is 0 Å². The highest BCUT2D eigenvalue weighted by Crippen LogP contribution is 2.37. The van der Waals surface area contributed by atoms with Crippen LogP contribution in [0.4, 0.5) is 13.2 Å². The number of alkyl halides is 2. The van der Waals surface area contributed by atoms with Gasteiger partial charge in [-0.3, -0.25) is 9.69 Å². The van der Waals surface area contributed by atoms with Crippen molar-refractivity contribution in [3.63, 3.8) is 0 Å². The minimum Gasteiger partial charge on any atom is -0.481 e. The average Bonchev–Trinajstić information content (AvgIpc) is 3.19. The number of rotatable bonds is 6. The van der Waals surface area contributed by atoms with E-state index in [9.17, 15) is 18.0 Å². The van der Waals surface area contributed by atoms with Crippen molar-refractivity contribution in [2.45, 2.75) is 56.7 Å². The number of ether oxygens (including phenoxy) is 2. The number of hydrogen-bond donors (Lipinski definition) is 1. The zero-order valence-electron chi connectivity index (χ0n) is 15.8. The van der Waals surface area contributed by atoms with E-state index in [1.54, 1.807) is 0 Å². The minimum absolute atomic E-state index is 0. The second-order valence-corrected chi connectivity index (χ2v) is 7.14. The molecule has 2 fully saturated rings. The van der Waals surface area contributed by atoms with Crippen molar-refractivity contribution in [1.82, 2.24) is 15.2 Å². The molecule has 0 spiro atoms. The molecule has 1 aliphatic carbocycles. The zero-order valence-corrected chi connectivity index (χ0v) is 16.7. The number of nitrogens with one attached hydrogen (secondary N) is 1. The zero-order chi connectivity index (χ0) is 19.6. The molecule has 1 amide bonds. The topological polar surface area (TPSA) is 63.7 Å². The van der Waals surface area contributed by atoms with E-state index >= 15 is 0 Å². The average molecular weight is 424 g/mol. The Morgan fingerprint density at radius 3 is 2.71 bits per heavy atom. The van der Waals surface area contributed by atoms with E-state index in [0.29, 0.717) is 5.56 Å². The van der Waals surface area contributed by atoms with Gasteiger partial charge in [0.1, 0.15) is 6.10 Å². The van der Waals surface area contributed by atoms with Crippen molar-refractivity contribution in [2.24, 2.45) is 0 Å². The quantitative estimate of drug-likeness (QED) is 0.762. The summed E-state index contributed by atoms with van der Waals surface area (Å²) in [7, 11) is 3.25. The number of carbonyl (C=O) groups excluding carboxylic acids is 1. The number of amides is 1. The second-order valence-electron chi connectivity index (χ2n) is 7.14. The molecule has 0 aromatic carbocycles. The van der Waals surface area contributed by atoms with Crippen molar-refractivity contribution in [3.8, 4) is 11.8 Å². The number of pyridine rings is 1. The van der Waals surface area contributed by atoms with Crippen LogP contribution < -0.4 is 14.8 Å². The van der Waals surface area contributed by atoms with Crippen LogP contribution in [-0.4, -0.2) is 54.6 Å². The van der Waals surface area contributed by atoms with E-state index in [4.69, 9.17) is 9.47 Å². The van der Waals surface area contributed by atoms with Gasteiger partial charge in [0.25, 0.3) is 11.8 Å². The Kier molecular flexibility index (Phi) is 7.39. The van der Waals surface area contributed by atoms with Crippen LogP contribution >= 0.6 is 12.4 Å². The third-order valence-corrected chi connectivity index (χ3v) is 5.09. The Hall–Kier alpha value is -1.74. The van der Waals surface area contributed by atoms with Crippen LogP contribution in [0.5, 0.6) is 11.8 Å². The van der Waals surface area contributed by atoms with Gasteiger partial charge in [0.2, 0.25) is 11.8 Å². The van der Waals surface area contributed by atoms with Gasteiger partial charge in [0.15, 0.2) is 5.82 Å². The molecule has 1 aromatic heterocycles. The summed E-state index contributed by atoms with van der Waals surface area (Å²) >= 11 is 0. The van der Waals surface area contributed by atoms with Gasteiger partial charge in [-0.25, -0.2) is 13.2 Å². The lowest BCUT2D eigenvalue weighted by atomic mass is 10.2. The van der Waals surface area contributed by atoms with E-state index in [-0.39, 0.29) is 55.5 Å². The number of likely N-dealkylation sites (tertiary alicyclic amines) is 1. The molecular weight excluding hydrogens is 399 g/mol. The number of nitrogens with zero attached hydrogens (tertiary/aromatic N) is 2. The van der Waals surface area contributed by atoms with Gasteiger partial charge >= 0.3 is 0 Å². The van der Waals surface area contributed by atoms with Crippen LogP contribution in [0.3, 0.4) is 0 Å². The van der Waals surface area contributed by atoms with Gasteiger partial charge in [-0.2, -0.15) is 4.98 Å². The predicted octanol–water partition coefficient (Wildman–Crippen LogP) is 2.93. The molecule has 28 heavy (non-hydrogen) atoms. The third kappa shape index (κ3) is 5.20. The van der Waals surface area contributed by atoms with Crippen LogP contribution in [0.25, 0.3) is 0 Å². The summed E-state index contributed by atoms with van der Waals surface area (Å²) in [5, 5.41) is 2.77. The Morgan fingerprint density at radius 1 is 1.39 bits per heavy atom. The molecule has 1 N–H and O–H groups in total. The molecule has 1 saturated carbocycles. The largest absolute Gasteiger partial charge is 0.481 e. The van der Waals surface area contributed by atoms with Gasteiger partial charge in [-0.1, -0.05) is 0 Å². The van der Waals surface area contributed by atoms with Crippen LogP contribution in [0, 0.1) is 5.82 Å². The SMILES string of the molecule is COc1nc(O[C@H]2CCC(F)(F)C2)c(F)cc1CNC(=O)C1CCCN1C.Cl. The lowest BCUT2D eigenvalue weighted by molar-refractivity contribution is -0.125. The lowest BCUT2D eigenvalue weighted by Gasteiger charge is -2.19. The molecule has 3 rings (SSSR count). The molecule has 1 saturated heterocycles. The summed E-state index contributed by atoms with van der Waals surface area (Å²) < 4.78 is 51.4. The second kappa shape index (κ2) is 9.17. The molecule has 0 radical (unpaired) electrons. The first kappa shape index (κ1) is 22.5. The van der Waals surface area contributed by atoms with Gasteiger partial charge in [0, 0.05) is 24.9 Å². The van der Waals surface area contributed by atoms with Crippen molar-refractivity contribution in [3.05, 3.63) is 17.4 Å². The van der Waals surface area contributed by atoms with Crippen molar-refractivity contribution in [2.75, 3.05) is 20.7 Å². The summed E-state index contributed by atoms with van der Waals surface area (Å²) in [5.74, 6) is -3.96. The first-order chi connectivity index (χ1) is 12.8. The van der Waals surface area contributed by atoms with E-state index in [1.807, 2.05) is 11.9 Å². The van der Waals surface area contributed by atoms with E-state index in [1.165, 1.54) is 7.11 Å². The molecule has 2 heterocycles. The van der Waals surface area contributed by atoms with Gasteiger partial charge in [0.05, 0.1) is 13.2 Å². The minimum atomic E-state index is -2.79. The normalized spacial score (nSPS) is 23.9. The van der Waals surface area contributed by atoms with Crippen molar-refractivity contribution < 1.29 is 27.4 Å². The molecule has 10 heteroatoms. The molecule has 6 nitrogen and oxygen atoms in total. The number of hydrogen-bond acceptors (Lipinski definition) is 5. The summed E-state index contributed by atoms with van der Waals surface area (Å²) in [4.78, 5) is 18.2. The number of likely N-dealkylation sites (N-methyl/N-ethyl adjacent to an activating group) is 1. The molecule has 158 valence electrons. The standard InChI is InChI=1S/C18H24F3N3O3.ClH/c1-24-7-3-4-14(24)15(25)22-10-11-8-13(19)17(23-16(11)26-2)27-12-5-6-18(20,21)9-12;/h8,12,14H,3-7,9-10H2,1-2H3,(H,22,25);1H/t12-,14?;/m0./s1. The van der Waals surface area contributed by atoms with Crippen LogP contribution in [0.15, 0.2) is 6.07 Å². The fourth-order valence-corrected chi connectivity index (χ4v) is 3.59. The number of carbonyl (C=O) groups is 1. The smallest absolute Gasteiger partial charge is 0.254 e. The maximum Gasteiger partial charge on any atom is 0.254 e. The molecule has 0 bridgehead atoms. The van der Waals surface area contributed by atoms with Crippen molar-refractivity contribution >= 4 is 18.3 Å². The maximum absolute atomic E-state index is 14.3. The Bertz CT molecular complexity index is 708. The number of halogens is 4. The number of aromatic nitrogens is 1. The molecular formula is C18H25ClF3N3O3. The van der Waals surface area contributed by atoms with E-state index in [2.05, 4.69) is 10.3 Å². The molecule has 1 unspecified atom stereocenters. The summed E-state index contributed by atoms with van der Waals surface area (Å²) in [6, 6.07) is 0.966. The fraction of sp³-hybridized carbons (Fsp3) is 0.667. The monoisotopic (exact) mass is 423 g/mol. The highest BCUT2D eigenvalue weighted by Gasteiger charge is 2.41. The summed E-state index contributed by atoms with van der Waals surface area (Å²) in [5.41, 5.74) is 0.355. The third-order valence-electron chi connectivity index (χ3n) is 5.09. The highest BCUT2D eigenvalue weighted by molar-refractivity contribution is 5.85. The Balaban J connectivity index is 0.00000280. The van der Waals surface area contributed by atoms with Gasteiger partial charge in [-0.05, 0) is 38.9 Å². The summed E-state index contributed by atoms with van der Waals surface area (Å²) in [6.45, 7) is 0.919. The molecule has 2 atom stereocenters. The number of methoxy groups -OCH3 is 1. The van der Waals surface area contributed by atoms with Gasteiger partial charge in [-0.15, -0.1) is 12.4 Å².